The predicted molar refractivity (Wildman–Crippen MR) is 81.5 cm³/mol. The minimum Gasteiger partial charge on any atom is -0.385 e. The van der Waals surface area contributed by atoms with Crippen LogP contribution >= 0.6 is 15.9 Å². The Balaban J connectivity index is 1.69. The summed E-state index contributed by atoms with van der Waals surface area (Å²) in [6.07, 6.45) is 5.33. The predicted octanol–water partition coefficient (Wildman–Crippen LogP) is 2.76. The van der Waals surface area contributed by atoms with Gasteiger partial charge >= 0.3 is 0 Å². The summed E-state index contributed by atoms with van der Waals surface area (Å²) in [7, 11) is 1.77. The number of hydrogen-bond acceptors (Lipinski definition) is 4. The second-order valence-corrected chi connectivity index (χ2v) is 5.88. The Morgan fingerprint density at radius 1 is 1.42 bits per heavy atom. The Bertz CT molecular complexity index is 363. The lowest BCUT2D eigenvalue weighted by molar-refractivity contribution is 0.159. The number of halogens is 1. The van der Waals surface area contributed by atoms with Crippen LogP contribution in [0.25, 0.3) is 0 Å². The number of pyridine rings is 1. The Kier molecular flexibility index (Phi) is 6.07. The monoisotopic (exact) mass is 327 g/mol. The Morgan fingerprint density at radius 2 is 2.21 bits per heavy atom. The summed E-state index contributed by atoms with van der Waals surface area (Å²) in [5.41, 5.74) is 0. The molecule has 0 aliphatic carbocycles. The zero-order chi connectivity index (χ0) is 13.5. The normalized spacial score (nSPS) is 17.6. The number of nitrogens with zero attached hydrogens (tertiary/aromatic N) is 2. The fraction of sp³-hybridized carbons (Fsp3) is 0.643. The molecule has 2 rings (SSSR count). The molecule has 0 atom stereocenters. The number of hydrogen-bond donors (Lipinski definition) is 1. The van der Waals surface area contributed by atoms with Crippen molar-refractivity contribution < 1.29 is 4.74 Å². The minimum atomic E-state index is 0.548. The molecule has 1 fully saturated rings. The number of aromatic nitrogens is 1. The van der Waals surface area contributed by atoms with Crippen molar-refractivity contribution in [3.05, 3.63) is 22.8 Å². The summed E-state index contributed by atoms with van der Waals surface area (Å²) < 4.78 is 6.11. The molecule has 1 aliphatic rings. The molecule has 1 saturated heterocycles. The molecule has 5 heteroatoms. The molecule has 0 saturated carbocycles. The molecule has 2 heterocycles. The van der Waals surface area contributed by atoms with Gasteiger partial charge in [-0.2, -0.15) is 0 Å². The topological polar surface area (TPSA) is 37.4 Å². The Labute approximate surface area is 123 Å². The number of rotatable bonds is 6. The highest BCUT2D eigenvalue weighted by molar-refractivity contribution is 9.10. The fourth-order valence-corrected chi connectivity index (χ4v) is 2.64. The van der Waals surface area contributed by atoms with Gasteiger partial charge in [0, 0.05) is 50.1 Å². The second-order valence-electron chi connectivity index (χ2n) is 4.97. The van der Waals surface area contributed by atoms with Crippen molar-refractivity contribution >= 4 is 21.7 Å². The lowest BCUT2D eigenvalue weighted by Gasteiger charge is -2.32. The van der Waals surface area contributed by atoms with Gasteiger partial charge in [0.05, 0.1) is 0 Å². The molecule has 1 aromatic heterocycles. The fourth-order valence-electron chi connectivity index (χ4n) is 2.40. The van der Waals surface area contributed by atoms with Crippen molar-refractivity contribution in [1.29, 1.82) is 0 Å². The number of nitrogens with one attached hydrogen (secondary N) is 1. The third-order valence-corrected chi connectivity index (χ3v) is 3.96. The van der Waals surface area contributed by atoms with Crippen LogP contribution in [0.5, 0.6) is 0 Å². The maximum absolute atomic E-state index is 5.09. The van der Waals surface area contributed by atoms with Crippen molar-refractivity contribution in [2.24, 2.45) is 0 Å². The molecule has 1 N–H and O–H groups in total. The molecule has 0 unspecified atom stereocenters. The number of methoxy groups -OCH3 is 1. The molecule has 4 nitrogen and oxygen atoms in total. The third-order valence-electron chi connectivity index (χ3n) is 3.49. The zero-order valence-electron chi connectivity index (χ0n) is 11.4. The van der Waals surface area contributed by atoms with Gasteiger partial charge < -0.3 is 15.0 Å². The van der Waals surface area contributed by atoms with E-state index in [-0.39, 0.29) is 0 Å². The van der Waals surface area contributed by atoms with Gasteiger partial charge in [-0.15, -0.1) is 0 Å². The lowest BCUT2D eigenvalue weighted by Crippen LogP contribution is -2.39. The van der Waals surface area contributed by atoms with Crippen molar-refractivity contribution in [3.8, 4) is 0 Å². The van der Waals surface area contributed by atoms with Gasteiger partial charge in [-0.05, 0) is 47.3 Å². The zero-order valence-corrected chi connectivity index (χ0v) is 13.0. The van der Waals surface area contributed by atoms with Crippen LogP contribution in [-0.2, 0) is 4.74 Å². The van der Waals surface area contributed by atoms with Crippen LogP contribution in [0.15, 0.2) is 22.8 Å². The highest BCUT2D eigenvalue weighted by atomic mass is 79.9. The van der Waals surface area contributed by atoms with Crippen LogP contribution in [0.4, 0.5) is 5.82 Å². The number of anilines is 1. The van der Waals surface area contributed by atoms with Crippen molar-refractivity contribution in [2.75, 3.05) is 38.7 Å². The number of likely N-dealkylation sites (tertiary alicyclic amines) is 1. The maximum Gasteiger partial charge on any atom is 0.126 e. The van der Waals surface area contributed by atoms with Crippen LogP contribution < -0.4 is 5.32 Å². The summed E-state index contributed by atoms with van der Waals surface area (Å²) in [6, 6.07) is 4.59. The highest BCUT2D eigenvalue weighted by Crippen LogP contribution is 2.16. The van der Waals surface area contributed by atoms with Crippen molar-refractivity contribution in [1.82, 2.24) is 9.88 Å². The van der Waals surface area contributed by atoms with Crippen LogP contribution in [-0.4, -0.2) is 49.3 Å². The molecule has 1 aromatic rings. The average molecular weight is 328 g/mol. The van der Waals surface area contributed by atoms with Crippen molar-refractivity contribution in [2.45, 2.75) is 25.3 Å². The SMILES string of the molecule is COCCCN1CCC(Nc2ccc(Br)cn2)CC1. The summed E-state index contributed by atoms with van der Waals surface area (Å²) in [5, 5.41) is 3.51. The Morgan fingerprint density at radius 3 is 2.84 bits per heavy atom. The summed E-state index contributed by atoms with van der Waals surface area (Å²) >= 11 is 3.40. The van der Waals surface area contributed by atoms with E-state index in [2.05, 4.69) is 31.1 Å². The van der Waals surface area contributed by atoms with Crippen LogP contribution in [0.2, 0.25) is 0 Å². The molecular weight excluding hydrogens is 306 g/mol. The van der Waals surface area contributed by atoms with Gasteiger partial charge in [-0.1, -0.05) is 0 Å². The van der Waals surface area contributed by atoms with Crippen molar-refractivity contribution in [3.63, 3.8) is 0 Å². The molecule has 0 radical (unpaired) electrons. The van der Waals surface area contributed by atoms with E-state index >= 15 is 0 Å². The first kappa shape index (κ1) is 14.8. The average Bonchev–Trinajstić information content (AvgIpc) is 2.44. The highest BCUT2D eigenvalue weighted by Gasteiger charge is 2.18. The van der Waals surface area contributed by atoms with E-state index in [1.165, 1.54) is 12.8 Å². The van der Waals surface area contributed by atoms with E-state index in [1.54, 1.807) is 7.11 Å². The van der Waals surface area contributed by atoms with E-state index in [9.17, 15) is 0 Å². The van der Waals surface area contributed by atoms with E-state index in [0.29, 0.717) is 6.04 Å². The number of piperidine rings is 1. The van der Waals surface area contributed by atoms with E-state index in [0.717, 1.165) is 43.0 Å². The minimum absolute atomic E-state index is 0.548. The van der Waals surface area contributed by atoms with E-state index < -0.39 is 0 Å². The lowest BCUT2D eigenvalue weighted by atomic mass is 10.0. The third kappa shape index (κ3) is 5.09. The number of ether oxygens (including phenoxy) is 1. The molecule has 1 aliphatic heterocycles. The summed E-state index contributed by atoms with van der Waals surface area (Å²) in [6.45, 7) is 4.34. The maximum atomic E-state index is 5.09. The first-order valence-corrected chi connectivity index (χ1v) is 7.66. The molecule has 106 valence electrons. The molecular formula is C14H22BrN3O. The van der Waals surface area contributed by atoms with Crippen LogP contribution in [0.1, 0.15) is 19.3 Å². The second kappa shape index (κ2) is 7.82. The van der Waals surface area contributed by atoms with E-state index in [4.69, 9.17) is 4.74 Å². The summed E-state index contributed by atoms with van der Waals surface area (Å²) in [5.74, 6) is 0.973. The summed E-state index contributed by atoms with van der Waals surface area (Å²) in [4.78, 5) is 6.88. The standard InChI is InChI=1S/C14H22BrN3O/c1-19-10-2-7-18-8-5-13(6-9-18)17-14-4-3-12(15)11-16-14/h3-4,11,13H,2,5-10H2,1H3,(H,16,17). The largest absolute Gasteiger partial charge is 0.385 e. The quantitative estimate of drug-likeness (QED) is 0.815. The van der Waals surface area contributed by atoms with Gasteiger partial charge in [-0.3, -0.25) is 0 Å². The Hall–Kier alpha value is -0.650. The van der Waals surface area contributed by atoms with Gasteiger partial charge in [0.1, 0.15) is 5.82 Å². The van der Waals surface area contributed by atoms with Crippen LogP contribution in [0.3, 0.4) is 0 Å². The van der Waals surface area contributed by atoms with Crippen LogP contribution in [0, 0.1) is 0 Å². The van der Waals surface area contributed by atoms with Gasteiger partial charge in [0.25, 0.3) is 0 Å². The molecule has 0 bridgehead atoms. The first-order valence-electron chi connectivity index (χ1n) is 6.87. The smallest absolute Gasteiger partial charge is 0.126 e. The molecule has 0 aromatic carbocycles. The molecule has 19 heavy (non-hydrogen) atoms. The molecule has 0 spiro atoms. The van der Waals surface area contributed by atoms with E-state index in [1.807, 2.05) is 18.3 Å². The van der Waals surface area contributed by atoms with Gasteiger partial charge in [-0.25, -0.2) is 4.98 Å². The molecule has 0 amide bonds. The van der Waals surface area contributed by atoms with Gasteiger partial charge in [0.2, 0.25) is 0 Å². The van der Waals surface area contributed by atoms with Gasteiger partial charge in [0.15, 0.2) is 0 Å². The first-order chi connectivity index (χ1) is 9.28.